The fraction of sp³-hybridized carbons (Fsp3) is 0.647. The summed E-state index contributed by atoms with van der Waals surface area (Å²) in [5, 5.41) is 0. The van der Waals surface area contributed by atoms with Crippen molar-refractivity contribution in [3.63, 3.8) is 0 Å². The normalized spacial score (nSPS) is 24.1. The Kier molecular flexibility index (Phi) is 5.99. The molecule has 2 heterocycles. The van der Waals surface area contributed by atoms with E-state index in [1.54, 1.807) is 0 Å². The van der Waals surface area contributed by atoms with Gasteiger partial charge in [0.1, 0.15) is 5.75 Å². The van der Waals surface area contributed by atoms with Gasteiger partial charge < -0.3 is 9.64 Å². The lowest BCUT2D eigenvalue weighted by Crippen LogP contribution is -2.55. The molecule has 1 aromatic rings. The van der Waals surface area contributed by atoms with E-state index in [1.807, 2.05) is 0 Å². The molecular formula is C17H24F3N3O3S. The van der Waals surface area contributed by atoms with Gasteiger partial charge in [-0.3, -0.25) is 4.90 Å². The topological polar surface area (TPSA) is 53.1 Å². The van der Waals surface area contributed by atoms with E-state index in [-0.39, 0.29) is 4.90 Å². The first kappa shape index (κ1) is 20.4. The van der Waals surface area contributed by atoms with Crippen molar-refractivity contribution in [3.05, 3.63) is 24.3 Å². The van der Waals surface area contributed by atoms with Gasteiger partial charge in [-0.25, -0.2) is 8.42 Å². The molecule has 1 unspecified atom stereocenters. The van der Waals surface area contributed by atoms with Crippen LogP contribution in [0.1, 0.15) is 12.8 Å². The molecule has 1 aromatic carbocycles. The van der Waals surface area contributed by atoms with Gasteiger partial charge in [0.05, 0.1) is 4.90 Å². The molecule has 10 heteroatoms. The monoisotopic (exact) mass is 407 g/mol. The summed E-state index contributed by atoms with van der Waals surface area (Å²) >= 11 is 0. The number of likely N-dealkylation sites (N-methyl/N-ethyl adjacent to an activating group) is 1. The summed E-state index contributed by atoms with van der Waals surface area (Å²) in [4.78, 5) is 4.60. The van der Waals surface area contributed by atoms with Gasteiger partial charge in [0, 0.05) is 38.8 Å². The van der Waals surface area contributed by atoms with Gasteiger partial charge in [-0.05, 0) is 50.7 Å². The first-order valence-electron chi connectivity index (χ1n) is 8.94. The van der Waals surface area contributed by atoms with Gasteiger partial charge in [-0.2, -0.15) is 4.31 Å². The minimum Gasteiger partial charge on any atom is -0.406 e. The highest BCUT2D eigenvalue weighted by molar-refractivity contribution is 7.89. The largest absolute Gasteiger partial charge is 0.573 e. The van der Waals surface area contributed by atoms with Gasteiger partial charge in [-0.15, -0.1) is 13.2 Å². The number of nitrogens with zero attached hydrogens (tertiary/aromatic N) is 3. The van der Waals surface area contributed by atoms with Crippen LogP contribution in [0, 0.1) is 0 Å². The molecule has 0 aromatic heterocycles. The van der Waals surface area contributed by atoms with Crippen molar-refractivity contribution in [2.75, 3.05) is 46.3 Å². The Morgan fingerprint density at radius 2 is 1.67 bits per heavy atom. The van der Waals surface area contributed by atoms with Crippen molar-refractivity contribution >= 4 is 10.0 Å². The predicted octanol–water partition coefficient (Wildman–Crippen LogP) is 1.99. The van der Waals surface area contributed by atoms with Crippen molar-refractivity contribution < 1.29 is 26.3 Å². The maximum atomic E-state index is 12.8. The van der Waals surface area contributed by atoms with E-state index >= 15 is 0 Å². The van der Waals surface area contributed by atoms with Crippen molar-refractivity contribution in [2.45, 2.75) is 30.1 Å². The van der Waals surface area contributed by atoms with Crippen molar-refractivity contribution in [3.8, 4) is 5.75 Å². The summed E-state index contributed by atoms with van der Waals surface area (Å²) in [6.07, 6.45) is -2.53. The smallest absolute Gasteiger partial charge is 0.406 e. The summed E-state index contributed by atoms with van der Waals surface area (Å²) in [5.74, 6) is -0.437. The Balaban J connectivity index is 1.61. The lowest BCUT2D eigenvalue weighted by atomic mass is 10.0. The van der Waals surface area contributed by atoms with Crippen LogP contribution in [0.2, 0.25) is 0 Å². The van der Waals surface area contributed by atoms with Gasteiger partial charge in [0.15, 0.2) is 0 Å². The Morgan fingerprint density at radius 1 is 1.04 bits per heavy atom. The number of likely N-dealkylation sites (tertiary alicyclic amines) is 1. The second kappa shape index (κ2) is 7.94. The van der Waals surface area contributed by atoms with Crippen LogP contribution >= 0.6 is 0 Å². The number of rotatable bonds is 4. The number of piperazine rings is 1. The molecule has 152 valence electrons. The number of hydrogen-bond acceptors (Lipinski definition) is 5. The zero-order valence-corrected chi connectivity index (χ0v) is 16.0. The fourth-order valence-electron chi connectivity index (χ4n) is 3.71. The van der Waals surface area contributed by atoms with Crippen LogP contribution in [0.4, 0.5) is 13.2 Å². The average Bonchev–Trinajstić information content (AvgIpc) is 2.61. The molecule has 2 aliphatic heterocycles. The molecule has 0 radical (unpaired) electrons. The summed E-state index contributed by atoms with van der Waals surface area (Å²) < 4.78 is 67.4. The molecule has 0 amide bonds. The highest BCUT2D eigenvalue weighted by Gasteiger charge is 2.33. The molecular weight excluding hydrogens is 383 g/mol. The molecule has 0 saturated carbocycles. The Hall–Kier alpha value is -1.36. The van der Waals surface area contributed by atoms with Crippen molar-refractivity contribution in [1.82, 2.24) is 14.1 Å². The summed E-state index contributed by atoms with van der Waals surface area (Å²) in [7, 11) is -1.63. The number of ether oxygens (including phenoxy) is 1. The molecule has 3 rings (SSSR count). The molecule has 0 bridgehead atoms. The Morgan fingerprint density at radius 3 is 2.22 bits per heavy atom. The molecule has 6 nitrogen and oxygen atoms in total. The molecule has 0 N–H and O–H groups in total. The van der Waals surface area contributed by atoms with Crippen molar-refractivity contribution in [1.29, 1.82) is 0 Å². The highest BCUT2D eigenvalue weighted by atomic mass is 32.2. The minimum atomic E-state index is -4.80. The van der Waals surface area contributed by atoms with E-state index < -0.39 is 22.1 Å². The third-order valence-corrected chi connectivity index (χ3v) is 7.00. The predicted molar refractivity (Wildman–Crippen MR) is 94.0 cm³/mol. The van der Waals surface area contributed by atoms with Crippen LogP contribution in [0.3, 0.4) is 0 Å². The zero-order chi connectivity index (χ0) is 19.7. The number of hydrogen-bond donors (Lipinski definition) is 0. The van der Waals surface area contributed by atoms with Gasteiger partial charge >= 0.3 is 6.36 Å². The second-order valence-electron chi connectivity index (χ2n) is 7.02. The second-order valence-corrected chi connectivity index (χ2v) is 8.96. The standard InChI is InChI=1S/C17H24F3N3O3S/c1-21-8-2-3-14(13-21)22-9-11-23(12-10-22)27(24,25)16-6-4-15(5-7-16)26-17(18,19)20/h4-7,14H,2-3,8-13H2,1H3. The molecule has 1 atom stereocenters. The van der Waals surface area contributed by atoms with Crippen LogP contribution in [0.5, 0.6) is 5.75 Å². The van der Waals surface area contributed by atoms with Crippen LogP contribution in [-0.2, 0) is 10.0 Å². The quantitative estimate of drug-likeness (QED) is 0.764. The molecule has 27 heavy (non-hydrogen) atoms. The van der Waals surface area contributed by atoms with E-state index in [9.17, 15) is 21.6 Å². The fourth-order valence-corrected chi connectivity index (χ4v) is 5.13. The van der Waals surface area contributed by atoms with Crippen LogP contribution < -0.4 is 4.74 Å². The van der Waals surface area contributed by atoms with E-state index in [2.05, 4.69) is 21.6 Å². The Bertz CT molecular complexity index is 732. The van der Waals surface area contributed by atoms with E-state index in [4.69, 9.17) is 0 Å². The van der Waals surface area contributed by atoms with Gasteiger partial charge in [0.25, 0.3) is 0 Å². The number of halogens is 3. The first-order chi connectivity index (χ1) is 12.6. The maximum Gasteiger partial charge on any atom is 0.573 e. The van der Waals surface area contributed by atoms with Crippen molar-refractivity contribution in [2.24, 2.45) is 0 Å². The average molecular weight is 407 g/mol. The van der Waals surface area contributed by atoms with E-state index in [0.717, 1.165) is 50.2 Å². The highest BCUT2D eigenvalue weighted by Crippen LogP contribution is 2.26. The van der Waals surface area contributed by atoms with Crippen LogP contribution in [-0.4, -0.2) is 81.2 Å². The summed E-state index contributed by atoms with van der Waals surface area (Å²) in [6, 6.07) is 4.80. The molecule has 2 saturated heterocycles. The number of piperidine rings is 1. The van der Waals surface area contributed by atoms with Gasteiger partial charge in [-0.1, -0.05) is 0 Å². The van der Waals surface area contributed by atoms with Gasteiger partial charge in [0.2, 0.25) is 10.0 Å². The van der Waals surface area contributed by atoms with E-state index in [0.29, 0.717) is 32.2 Å². The van der Waals surface area contributed by atoms with E-state index in [1.165, 1.54) is 4.31 Å². The molecule has 0 spiro atoms. The lowest BCUT2D eigenvalue weighted by molar-refractivity contribution is -0.274. The van der Waals surface area contributed by atoms with Crippen LogP contribution in [0.15, 0.2) is 29.2 Å². The SMILES string of the molecule is CN1CCCC(N2CCN(S(=O)(=O)c3ccc(OC(F)(F)F)cc3)CC2)C1. The molecule has 2 fully saturated rings. The number of alkyl halides is 3. The Labute approximate surface area is 157 Å². The van der Waals surface area contributed by atoms with Crippen LogP contribution in [0.25, 0.3) is 0 Å². The minimum absolute atomic E-state index is 0.0251. The lowest BCUT2D eigenvalue weighted by Gasteiger charge is -2.42. The summed E-state index contributed by atoms with van der Waals surface area (Å²) in [6.45, 7) is 4.17. The third-order valence-electron chi connectivity index (χ3n) is 5.08. The molecule has 0 aliphatic carbocycles. The third kappa shape index (κ3) is 5.13. The molecule has 2 aliphatic rings. The zero-order valence-electron chi connectivity index (χ0n) is 15.2. The number of sulfonamides is 1. The maximum absolute atomic E-state index is 12.8. The summed E-state index contributed by atoms with van der Waals surface area (Å²) in [5.41, 5.74) is 0. The number of benzene rings is 1. The first-order valence-corrected chi connectivity index (χ1v) is 10.4.